The van der Waals surface area contributed by atoms with Gasteiger partial charge in [-0.3, -0.25) is 0 Å². The van der Waals surface area contributed by atoms with Gasteiger partial charge >= 0.3 is 0 Å². The van der Waals surface area contributed by atoms with Gasteiger partial charge in [-0.25, -0.2) is 0 Å². The summed E-state index contributed by atoms with van der Waals surface area (Å²) in [4.78, 5) is 0. The maximum absolute atomic E-state index is 5.33. The average molecular weight is 305 g/mol. The molecule has 0 aliphatic rings. The summed E-state index contributed by atoms with van der Waals surface area (Å²) in [6.07, 6.45) is 3.62. The van der Waals surface area contributed by atoms with Crippen LogP contribution in [0.15, 0.2) is 65.4 Å². The Morgan fingerprint density at radius 2 is 1.91 bits per heavy atom. The number of aromatic nitrogens is 4. The molecule has 0 atom stereocenters. The van der Waals surface area contributed by atoms with Gasteiger partial charge in [0.25, 0.3) is 0 Å². The van der Waals surface area contributed by atoms with Crippen LogP contribution in [0, 0.1) is 0 Å². The van der Waals surface area contributed by atoms with Crippen LogP contribution in [0.1, 0.15) is 11.3 Å². The lowest BCUT2D eigenvalue weighted by Gasteiger charge is -2.08. The largest absolute Gasteiger partial charge is 0.468 e. The van der Waals surface area contributed by atoms with Gasteiger partial charge in [-0.1, -0.05) is 30.3 Å². The molecule has 3 aromatic heterocycles. The zero-order valence-corrected chi connectivity index (χ0v) is 12.4. The second kappa shape index (κ2) is 6.02. The van der Waals surface area contributed by atoms with Gasteiger partial charge < -0.3 is 9.73 Å². The van der Waals surface area contributed by atoms with Gasteiger partial charge in [-0.05, 0) is 34.2 Å². The summed E-state index contributed by atoms with van der Waals surface area (Å²) in [7, 11) is 0. The van der Waals surface area contributed by atoms with Crippen molar-refractivity contribution >= 4 is 5.65 Å². The molecule has 6 heteroatoms. The summed E-state index contributed by atoms with van der Waals surface area (Å²) >= 11 is 0. The molecule has 0 radical (unpaired) electrons. The normalized spacial score (nSPS) is 11.1. The van der Waals surface area contributed by atoms with Crippen molar-refractivity contribution in [3.8, 4) is 11.1 Å². The van der Waals surface area contributed by atoms with E-state index in [1.807, 2.05) is 36.5 Å². The summed E-state index contributed by atoms with van der Waals surface area (Å²) < 4.78 is 7.04. The Labute approximate surface area is 132 Å². The van der Waals surface area contributed by atoms with Crippen LogP contribution in [0.5, 0.6) is 0 Å². The number of furan rings is 1. The number of hydrogen-bond acceptors (Lipinski definition) is 5. The van der Waals surface area contributed by atoms with Gasteiger partial charge in [0.15, 0.2) is 5.65 Å². The van der Waals surface area contributed by atoms with E-state index in [4.69, 9.17) is 4.42 Å². The Morgan fingerprint density at radius 3 is 2.74 bits per heavy atom. The van der Waals surface area contributed by atoms with Crippen molar-refractivity contribution in [3.63, 3.8) is 0 Å². The van der Waals surface area contributed by atoms with E-state index < -0.39 is 0 Å². The van der Waals surface area contributed by atoms with Crippen molar-refractivity contribution in [2.24, 2.45) is 0 Å². The monoisotopic (exact) mass is 305 g/mol. The molecule has 1 aromatic carbocycles. The van der Waals surface area contributed by atoms with Gasteiger partial charge in [-0.2, -0.15) is 4.52 Å². The molecule has 0 amide bonds. The Bertz CT molecular complexity index is 899. The average Bonchev–Trinajstić information content (AvgIpc) is 3.26. The molecule has 0 bridgehead atoms. The first kappa shape index (κ1) is 13.7. The number of fused-ring (bicyclic) bond motifs is 1. The minimum absolute atomic E-state index is 0.658. The van der Waals surface area contributed by atoms with E-state index in [2.05, 4.69) is 39.0 Å². The summed E-state index contributed by atoms with van der Waals surface area (Å²) in [5.74, 6) is 0.903. The van der Waals surface area contributed by atoms with Crippen LogP contribution in [0.3, 0.4) is 0 Å². The lowest BCUT2D eigenvalue weighted by atomic mass is 10.1. The molecule has 0 spiro atoms. The van der Waals surface area contributed by atoms with Crippen molar-refractivity contribution in [1.29, 1.82) is 0 Å². The summed E-state index contributed by atoms with van der Waals surface area (Å²) in [6, 6.07) is 16.1. The van der Waals surface area contributed by atoms with E-state index in [9.17, 15) is 0 Å². The predicted octanol–water partition coefficient (Wildman–Crippen LogP) is 2.67. The molecule has 0 fully saturated rings. The van der Waals surface area contributed by atoms with E-state index in [1.54, 1.807) is 10.8 Å². The quantitative estimate of drug-likeness (QED) is 0.614. The maximum atomic E-state index is 5.33. The number of nitrogens with one attached hydrogen (secondary N) is 1. The standard InChI is InChI=1S/C17H15N5O/c1-2-5-13(6-3-1)15-9-14(17-19-20-21-22(17)12-15)10-18-11-16-7-4-8-23-16/h1-9,12,18H,10-11H2. The number of tetrazole rings is 1. The zero-order chi connectivity index (χ0) is 15.5. The molecule has 0 saturated carbocycles. The molecular weight excluding hydrogens is 290 g/mol. The van der Waals surface area contributed by atoms with E-state index >= 15 is 0 Å². The van der Waals surface area contributed by atoms with Crippen molar-refractivity contribution in [2.75, 3.05) is 0 Å². The van der Waals surface area contributed by atoms with Gasteiger partial charge in [-0.15, -0.1) is 5.10 Å². The molecule has 0 aliphatic heterocycles. The summed E-state index contributed by atoms with van der Waals surface area (Å²) in [6.45, 7) is 1.32. The molecular formula is C17H15N5O. The molecule has 0 unspecified atom stereocenters. The van der Waals surface area contributed by atoms with Crippen molar-refractivity contribution in [3.05, 3.63) is 72.3 Å². The summed E-state index contributed by atoms with van der Waals surface area (Å²) in [5, 5.41) is 15.3. The molecule has 4 aromatic rings. The first-order valence-electron chi connectivity index (χ1n) is 7.39. The molecule has 3 heterocycles. The third kappa shape index (κ3) is 2.84. The van der Waals surface area contributed by atoms with Crippen LogP contribution in [0.25, 0.3) is 16.8 Å². The maximum Gasteiger partial charge on any atom is 0.183 e. The molecule has 23 heavy (non-hydrogen) atoms. The van der Waals surface area contributed by atoms with Crippen molar-refractivity contribution in [1.82, 2.24) is 25.4 Å². The number of nitrogens with zero attached hydrogens (tertiary/aromatic N) is 4. The van der Waals surface area contributed by atoms with Gasteiger partial charge in [0.05, 0.1) is 12.8 Å². The third-order valence-corrected chi connectivity index (χ3v) is 3.67. The lowest BCUT2D eigenvalue weighted by molar-refractivity contribution is 0.483. The topological polar surface area (TPSA) is 68.2 Å². The van der Waals surface area contributed by atoms with Crippen LogP contribution < -0.4 is 5.32 Å². The molecule has 1 N–H and O–H groups in total. The smallest absolute Gasteiger partial charge is 0.183 e. The minimum Gasteiger partial charge on any atom is -0.468 e. The number of benzene rings is 1. The highest BCUT2D eigenvalue weighted by Crippen LogP contribution is 2.21. The Morgan fingerprint density at radius 1 is 1.00 bits per heavy atom. The molecule has 0 aliphatic carbocycles. The highest BCUT2D eigenvalue weighted by atomic mass is 16.3. The Balaban J connectivity index is 1.63. The molecule has 4 rings (SSSR count). The zero-order valence-electron chi connectivity index (χ0n) is 12.4. The number of rotatable bonds is 5. The second-order valence-corrected chi connectivity index (χ2v) is 5.25. The molecule has 6 nitrogen and oxygen atoms in total. The van der Waals surface area contributed by atoms with Gasteiger partial charge in [0.2, 0.25) is 0 Å². The van der Waals surface area contributed by atoms with Crippen LogP contribution in [0.4, 0.5) is 0 Å². The van der Waals surface area contributed by atoms with E-state index in [1.165, 1.54) is 0 Å². The molecule has 114 valence electrons. The first-order valence-corrected chi connectivity index (χ1v) is 7.39. The fraction of sp³-hybridized carbons (Fsp3) is 0.118. The molecule has 0 saturated heterocycles. The fourth-order valence-corrected chi connectivity index (χ4v) is 2.57. The second-order valence-electron chi connectivity index (χ2n) is 5.25. The van der Waals surface area contributed by atoms with E-state index in [-0.39, 0.29) is 0 Å². The first-order chi connectivity index (χ1) is 11.4. The predicted molar refractivity (Wildman–Crippen MR) is 85.5 cm³/mol. The van der Waals surface area contributed by atoms with Crippen LogP contribution in [-0.4, -0.2) is 20.0 Å². The number of pyridine rings is 1. The van der Waals surface area contributed by atoms with Crippen LogP contribution >= 0.6 is 0 Å². The van der Waals surface area contributed by atoms with Crippen molar-refractivity contribution in [2.45, 2.75) is 13.1 Å². The van der Waals surface area contributed by atoms with Gasteiger partial charge in [0.1, 0.15) is 5.76 Å². The highest BCUT2D eigenvalue weighted by Gasteiger charge is 2.09. The summed E-state index contributed by atoms with van der Waals surface area (Å²) in [5.41, 5.74) is 4.02. The van der Waals surface area contributed by atoms with Crippen LogP contribution in [0.2, 0.25) is 0 Å². The van der Waals surface area contributed by atoms with E-state index in [0.717, 1.165) is 28.1 Å². The lowest BCUT2D eigenvalue weighted by Crippen LogP contribution is -2.13. The Hall–Kier alpha value is -2.99. The SMILES string of the molecule is c1ccc(-c2cc(CNCc3ccco3)c3nnnn3c2)cc1. The highest BCUT2D eigenvalue weighted by molar-refractivity contribution is 5.66. The third-order valence-electron chi connectivity index (χ3n) is 3.67. The minimum atomic E-state index is 0.658. The fourth-order valence-electron chi connectivity index (χ4n) is 2.57. The van der Waals surface area contributed by atoms with Crippen molar-refractivity contribution < 1.29 is 4.42 Å². The number of hydrogen-bond donors (Lipinski definition) is 1. The van der Waals surface area contributed by atoms with E-state index in [0.29, 0.717) is 13.1 Å². The van der Waals surface area contributed by atoms with Gasteiger partial charge in [0, 0.05) is 23.9 Å². The Kier molecular flexibility index (Phi) is 3.57. The van der Waals surface area contributed by atoms with Crippen LogP contribution in [-0.2, 0) is 13.1 Å².